The molecule has 0 bridgehead atoms. The van der Waals surface area contributed by atoms with E-state index in [1.807, 2.05) is 36.4 Å². The zero-order chi connectivity index (χ0) is 19.8. The maximum absolute atomic E-state index is 5.59. The highest BCUT2D eigenvalue weighted by molar-refractivity contribution is 14.0. The first-order chi connectivity index (χ1) is 13.7. The molecule has 0 aliphatic heterocycles. The Labute approximate surface area is 188 Å². The zero-order valence-electron chi connectivity index (χ0n) is 16.9. The Hall–Kier alpha value is -2.55. The van der Waals surface area contributed by atoms with Crippen molar-refractivity contribution in [2.24, 2.45) is 4.99 Å². The van der Waals surface area contributed by atoms with Crippen molar-refractivity contribution < 1.29 is 9.15 Å². The molecule has 7 heteroatoms. The number of aliphatic imine (C=N–C) groups is 1. The molecule has 0 saturated heterocycles. The number of rotatable bonds is 7. The first-order valence-electron chi connectivity index (χ1n) is 9.27. The van der Waals surface area contributed by atoms with Gasteiger partial charge in [-0.3, -0.25) is 4.99 Å². The number of oxazole rings is 1. The van der Waals surface area contributed by atoms with Gasteiger partial charge in [-0.15, -0.1) is 24.0 Å². The van der Waals surface area contributed by atoms with Crippen LogP contribution in [0.3, 0.4) is 0 Å². The lowest BCUT2D eigenvalue weighted by Crippen LogP contribution is -2.37. The number of nitrogens with zero attached hydrogens (tertiary/aromatic N) is 2. The summed E-state index contributed by atoms with van der Waals surface area (Å²) >= 11 is 0. The topological polar surface area (TPSA) is 71.7 Å². The van der Waals surface area contributed by atoms with E-state index in [4.69, 9.17) is 9.15 Å². The van der Waals surface area contributed by atoms with E-state index < -0.39 is 0 Å². The average molecular weight is 506 g/mol. The Morgan fingerprint density at radius 1 is 1.07 bits per heavy atom. The molecule has 1 aromatic heterocycles. The van der Waals surface area contributed by atoms with Crippen LogP contribution in [-0.4, -0.2) is 31.6 Å². The fourth-order valence-corrected chi connectivity index (χ4v) is 2.73. The van der Waals surface area contributed by atoms with Gasteiger partial charge < -0.3 is 19.8 Å². The maximum atomic E-state index is 5.59. The Morgan fingerprint density at radius 3 is 2.45 bits per heavy atom. The summed E-state index contributed by atoms with van der Waals surface area (Å²) in [6, 6.07) is 16.2. The highest BCUT2D eigenvalue weighted by Crippen LogP contribution is 2.19. The van der Waals surface area contributed by atoms with Crippen LogP contribution in [0.4, 0.5) is 0 Å². The first kappa shape index (κ1) is 22.7. The van der Waals surface area contributed by atoms with Gasteiger partial charge in [0.15, 0.2) is 5.96 Å². The van der Waals surface area contributed by atoms with Crippen molar-refractivity contribution in [1.82, 2.24) is 15.6 Å². The van der Waals surface area contributed by atoms with Crippen LogP contribution in [0.5, 0.6) is 5.75 Å². The Morgan fingerprint density at radius 2 is 1.79 bits per heavy atom. The molecular formula is C22H27IN4O2. The quantitative estimate of drug-likeness (QED) is 0.286. The molecule has 0 aliphatic carbocycles. The molecule has 0 aliphatic rings. The maximum Gasteiger partial charge on any atom is 0.226 e. The summed E-state index contributed by atoms with van der Waals surface area (Å²) in [5.74, 6) is 2.22. The molecule has 0 amide bonds. The highest BCUT2D eigenvalue weighted by Gasteiger charge is 2.07. The van der Waals surface area contributed by atoms with Crippen molar-refractivity contribution in [2.75, 3.05) is 20.7 Å². The number of nitrogens with one attached hydrogen (secondary N) is 2. The second kappa shape index (κ2) is 11.5. The highest BCUT2D eigenvalue weighted by atomic mass is 127. The van der Waals surface area contributed by atoms with E-state index in [0.717, 1.165) is 35.9 Å². The molecule has 3 rings (SSSR count). The second-order valence-electron chi connectivity index (χ2n) is 6.46. The van der Waals surface area contributed by atoms with Gasteiger partial charge in [0.2, 0.25) is 5.89 Å². The SMILES string of the molecule is CN=C(NCCc1ccc(OC)cc1)NCc1coc(-c2ccc(C)cc2)n1.I. The third-order valence-corrected chi connectivity index (χ3v) is 4.38. The largest absolute Gasteiger partial charge is 0.497 e. The van der Waals surface area contributed by atoms with Gasteiger partial charge in [-0.05, 0) is 43.2 Å². The van der Waals surface area contributed by atoms with Gasteiger partial charge in [-0.25, -0.2) is 4.98 Å². The summed E-state index contributed by atoms with van der Waals surface area (Å²) in [5.41, 5.74) is 4.25. The van der Waals surface area contributed by atoms with Crippen molar-refractivity contribution in [3.8, 4) is 17.2 Å². The summed E-state index contributed by atoms with van der Waals surface area (Å²) in [7, 11) is 3.42. The van der Waals surface area contributed by atoms with Crippen LogP contribution in [-0.2, 0) is 13.0 Å². The number of benzene rings is 2. The van der Waals surface area contributed by atoms with Gasteiger partial charge in [0, 0.05) is 19.2 Å². The number of ether oxygens (including phenoxy) is 1. The molecule has 0 radical (unpaired) electrons. The van der Waals surface area contributed by atoms with E-state index in [2.05, 4.69) is 39.7 Å². The lowest BCUT2D eigenvalue weighted by molar-refractivity contribution is 0.414. The number of methoxy groups -OCH3 is 1. The normalized spacial score (nSPS) is 10.9. The third kappa shape index (κ3) is 6.77. The van der Waals surface area contributed by atoms with Crippen LogP contribution in [0, 0.1) is 6.92 Å². The van der Waals surface area contributed by atoms with Gasteiger partial charge in [0.05, 0.1) is 19.3 Å². The monoisotopic (exact) mass is 506 g/mol. The summed E-state index contributed by atoms with van der Waals surface area (Å²) in [6.07, 6.45) is 2.57. The van der Waals surface area contributed by atoms with Gasteiger partial charge in [-0.2, -0.15) is 0 Å². The van der Waals surface area contributed by atoms with Crippen molar-refractivity contribution in [1.29, 1.82) is 0 Å². The average Bonchev–Trinajstić information content (AvgIpc) is 3.20. The number of hydrogen-bond acceptors (Lipinski definition) is 4. The predicted molar refractivity (Wildman–Crippen MR) is 127 cm³/mol. The van der Waals surface area contributed by atoms with E-state index in [1.54, 1.807) is 20.4 Å². The minimum Gasteiger partial charge on any atom is -0.497 e. The van der Waals surface area contributed by atoms with Gasteiger partial charge >= 0.3 is 0 Å². The molecule has 0 unspecified atom stereocenters. The fraction of sp³-hybridized carbons (Fsp3) is 0.273. The van der Waals surface area contributed by atoms with E-state index in [1.165, 1.54) is 11.1 Å². The van der Waals surface area contributed by atoms with Crippen molar-refractivity contribution in [3.63, 3.8) is 0 Å². The lowest BCUT2D eigenvalue weighted by Gasteiger charge is -2.11. The number of halogens is 1. The number of aryl methyl sites for hydroxylation is 1. The summed E-state index contributed by atoms with van der Waals surface area (Å²) in [6.45, 7) is 3.37. The Balaban J connectivity index is 0.00000300. The van der Waals surface area contributed by atoms with Gasteiger partial charge in [0.25, 0.3) is 0 Å². The van der Waals surface area contributed by atoms with Crippen molar-refractivity contribution in [3.05, 3.63) is 71.6 Å². The molecule has 29 heavy (non-hydrogen) atoms. The summed E-state index contributed by atoms with van der Waals surface area (Å²) < 4.78 is 10.8. The molecule has 0 saturated carbocycles. The number of hydrogen-bond donors (Lipinski definition) is 2. The Kier molecular flexibility index (Phi) is 8.98. The van der Waals surface area contributed by atoms with Gasteiger partial charge in [0.1, 0.15) is 12.0 Å². The molecule has 3 aromatic rings. The molecule has 6 nitrogen and oxygen atoms in total. The number of aromatic nitrogens is 1. The van der Waals surface area contributed by atoms with Crippen LogP contribution >= 0.6 is 24.0 Å². The predicted octanol–water partition coefficient (Wildman–Crippen LogP) is 4.18. The molecule has 2 N–H and O–H groups in total. The van der Waals surface area contributed by atoms with Crippen LogP contribution in [0.1, 0.15) is 16.8 Å². The number of guanidine groups is 1. The molecule has 1 heterocycles. The van der Waals surface area contributed by atoms with E-state index in [9.17, 15) is 0 Å². The van der Waals surface area contributed by atoms with Crippen molar-refractivity contribution in [2.45, 2.75) is 19.9 Å². The molecule has 0 fully saturated rings. The van der Waals surface area contributed by atoms with E-state index in [0.29, 0.717) is 12.4 Å². The lowest BCUT2D eigenvalue weighted by atomic mass is 10.1. The van der Waals surface area contributed by atoms with Crippen LogP contribution in [0.15, 0.2) is 64.2 Å². The fourth-order valence-electron chi connectivity index (χ4n) is 2.73. The molecule has 0 atom stereocenters. The summed E-state index contributed by atoms with van der Waals surface area (Å²) in [4.78, 5) is 8.79. The van der Waals surface area contributed by atoms with Gasteiger partial charge in [-0.1, -0.05) is 29.8 Å². The van der Waals surface area contributed by atoms with E-state index >= 15 is 0 Å². The van der Waals surface area contributed by atoms with Crippen LogP contribution in [0.25, 0.3) is 11.5 Å². The zero-order valence-corrected chi connectivity index (χ0v) is 19.3. The minimum atomic E-state index is 0. The first-order valence-corrected chi connectivity index (χ1v) is 9.27. The van der Waals surface area contributed by atoms with Crippen LogP contribution in [0.2, 0.25) is 0 Å². The molecule has 154 valence electrons. The smallest absolute Gasteiger partial charge is 0.226 e. The van der Waals surface area contributed by atoms with Crippen molar-refractivity contribution >= 4 is 29.9 Å². The summed E-state index contributed by atoms with van der Waals surface area (Å²) in [5, 5.41) is 6.57. The molecular weight excluding hydrogens is 479 g/mol. The standard InChI is InChI=1S/C22H26N4O2.HI/c1-16-4-8-18(9-5-16)21-26-19(15-28-21)14-25-22(23-2)24-13-12-17-6-10-20(27-3)11-7-17;/h4-11,15H,12-14H2,1-3H3,(H2,23,24,25);1H. The third-order valence-electron chi connectivity index (χ3n) is 4.38. The van der Waals surface area contributed by atoms with E-state index in [-0.39, 0.29) is 24.0 Å². The second-order valence-corrected chi connectivity index (χ2v) is 6.46. The van der Waals surface area contributed by atoms with Crippen LogP contribution < -0.4 is 15.4 Å². The minimum absolute atomic E-state index is 0. The molecule has 0 spiro atoms. The Bertz CT molecular complexity index is 905. The molecule has 2 aromatic carbocycles.